The van der Waals surface area contributed by atoms with Crippen LogP contribution in [0, 0.1) is 27.7 Å². The van der Waals surface area contributed by atoms with Crippen LogP contribution in [-0.2, 0) is 0 Å². The van der Waals surface area contributed by atoms with E-state index in [9.17, 15) is 9.59 Å². The third-order valence-electron chi connectivity index (χ3n) is 4.44. The predicted molar refractivity (Wildman–Crippen MR) is 108 cm³/mol. The molecule has 2 aromatic heterocycles. The number of nitrogens with one attached hydrogen (secondary N) is 1. The number of hydrogen-bond acceptors (Lipinski definition) is 4. The van der Waals surface area contributed by atoms with Gasteiger partial charge < -0.3 is 11.1 Å². The smallest absolute Gasteiger partial charge is 0.256 e. The van der Waals surface area contributed by atoms with E-state index in [1.54, 1.807) is 28.9 Å². The fourth-order valence-electron chi connectivity index (χ4n) is 2.82. The van der Waals surface area contributed by atoms with E-state index in [2.05, 4.69) is 10.4 Å². The van der Waals surface area contributed by atoms with Crippen LogP contribution < -0.4 is 11.1 Å². The molecule has 0 aliphatic heterocycles. The molecule has 3 rings (SSSR count). The first-order valence-electron chi connectivity index (χ1n) is 8.24. The molecule has 0 fully saturated rings. The largest absolute Gasteiger partial charge is 0.365 e. The summed E-state index contributed by atoms with van der Waals surface area (Å²) in [7, 11) is 0. The van der Waals surface area contributed by atoms with Crippen molar-refractivity contribution >= 4 is 39.8 Å². The molecule has 0 radical (unpaired) electrons. The minimum atomic E-state index is -0.552. The number of aryl methyl sites for hydroxylation is 2. The molecule has 0 saturated carbocycles. The molecule has 0 aliphatic rings. The molecule has 27 heavy (non-hydrogen) atoms. The van der Waals surface area contributed by atoms with Crippen molar-refractivity contribution in [1.29, 1.82) is 0 Å². The van der Waals surface area contributed by atoms with E-state index in [0.29, 0.717) is 21.2 Å². The average Bonchev–Trinajstić information content (AvgIpc) is 3.05. The summed E-state index contributed by atoms with van der Waals surface area (Å²) in [5, 5.41) is 8.28. The van der Waals surface area contributed by atoms with Crippen molar-refractivity contribution in [2.45, 2.75) is 27.7 Å². The van der Waals surface area contributed by atoms with E-state index >= 15 is 0 Å². The van der Waals surface area contributed by atoms with Gasteiger partial charge >= 0.3 is 0 Å². The Balaban J connectivity index is 1.86. The number of rotatable bonds is 4. The third kappa shape index (κ3) is 3.48. The summed E-state index contributed by atoms with van der Waals surface area (Å²) in [6, 6.07) is 6.99. The molecule has 0 saturated heterocycles. The lowest BCUT2D eigenvalue weighted by Gasteiger charge is -2.08. The van der Waals surface area contributed by atoms with Gasteiger partial charge in [0.05, 0.1) is 27.7 Å². The highest BCUT2D eigenvalue weighted by atomic mass is 35.5. The number of nitrogens with two attached hydrogens (primary N) is 1. The van der Waals surface area contributed by atoms with Gasteiger partial charge in [0.25, 0.3) is 11.8 Å². The molecule has 8 heteroatoms. The number of primary amides is 1. The first-order valence-corrected chi connectivity index (χ1v) is 9.43. The van der Waals surface area contributed by atoms with Gasteiger partial charge in [-0.15, -0.1) is 11.3 Å². The van der Waals surface area contributed by atoms with Crippen molar-refractivity contribution in [3.05, 3.63) is 62.2 Å². The number of amides is 2. The van der Waals surface area contributed by atoms with Crippen LogP contribution in [0.1, 0.15) is 42.5 Å². The fourth-order valence-corrected chi connectivity index (χ4v) is 3.99. The standard InChI is InChI=1S/C19H19ClN4O2S/c1-9-12(4)27-19(15(9)17(21)25)22-18(26)13-5-7-14(8-6-13)24-11(3)16(20)10(2)23-24/h5-8H,1-4H3,(H2,21,25)(H,22,26). The van der Waals surface area contributed by atoms with Crippen LogP contribution >= 0.6 is 22.9 Å². The van der Waals surface area contributed by atoms with Gasteiger partial charge in [-0.2, -0.15) is 5.10 Å². The Morgan fingerprint density at radius 3 is 2.30 bits per heavy atom. The second-order valence-corrected chi connectivity index (χ2v) is 7.85. The highest BCUT2D eigenvalue weighted by Gasteiger charge is 2.19. The highest BCUT2D eigenvalue weighted by Crippen LogP contribution is 2.32. The number of thiophene rings is 1. The maximum Gasteiger partial charge on any atom is 0.256 e. The SMILES string of the molecule is Cc1nn(-c2ccc(C(=O)Nc3sc(C)c(C)c3C(N)=O)cc2)c(C)c1Cl. The molecule has 140 valence electrons. The maximum absolute atomic E-state index is 12.6. The van der Waals surface area contributed by atoms with Gasteiger partial charge in [-0.25, -0.2) is 4.68 Å². The van der Waals surface area contributed by atoms with E-state index in [4.69, 9.17) is 17.3 Å². The average molecular weight is 403 g/mol. The van der Waals surface area contributed by atoms with Gasteiger partial charge in [-0.05, 0) is 57.5 Å². The molecule has 3 aromatic rings. The minimum Gasteiger partial charge on any atom is -0.365 e. The van der Waals surface area contributed by atoms with E-state index in [1.165, 1.54) is 11.3 Å². The van der Waals surface area contributed by atoms with Crippen LogP contribution in [-0.4, -0.2) is 21.6 Å². The second-order valence-electron chi connectivity index (χ2n) is 6.25. The van der Waals surface area contributed by atoms with Crippen molar-refractivity contribution in [2.24, 2.45) is 5.73 Å². The van der Waals surface area contributed by atoms with Gasteiger partial charge in [0, 0.05) is 10.4 Å². The number of nitrogens with zero attached hydrogens (tertiary/aromatic N) is 2. The van der Waals surface area contributed by atoms with Crippen LogP contribution in [0.4, 0.5) is 5.00 Å². The van der Waals surface area contributed by atoms with Crippen molar-refractivity contribution < 1.29 is 9.59 Å². The van der Waals surface area contributed by atoms with Crippen LogP contribution in [0.15, 0.2) is 24.3 Å². The molecule has 1 aromatic carbocycles. The molecular weight excluding hydrogens is 384 g/mol. The van der Waals surface area contributed by atoms with Gasteiger partial charge in [0.2, 0.25) is 0 Å². The van der Waals surface area contributed by atoms with Crippen molar-refractivity contribution in [1.82, 2.24) is 9.78 Å². The zero-order chi connectivity index (χ0) is 19.9. The third-order valence-corrected chi connectivity index (χ3v) is 6.11. The molecule has 0 atom stereocenters. The predicted octanol–water partition coefficient (Wildman–Crippen LogP) is 4.17. The summed E-state index contributed by atoms with van der Waals surface area (Å²) in [6.07, 6.45) is 0. The van der Waals surface area contributed by atoms with Gasteiger partial charge in [-0.1, -0.05) is 11.6 Å². The minimum absolute atomic E-state index is 0.309. The molecule has 0 bridgehead atoms. The molecule has 6 nitrogen and oxygen atoms in total. The second kappa shape index (κ2) is 7.17. The van der Waals surface area contributed by atoms with Gasteiger partial charge in [0.15, 0.2) is 0 Å². The Bertz CT molecular complexity index is 1050. The Kier molecular flexibility index (Phi) is 5.08. The maximum atomic E-state index is 12.6. The van der Waals surface area contributed by atoms with E-state index in [1.807, 2.05) is 27.7 Å². The van der Waals surface area contributed by atoms with Crippen molar-refractivity contribution in [3.8, 4) is 5.69 Å². The van der Waals surface area contributed by atoms with E-state index in [-0.39, 0.29) is 5.91 Å². The van der Waals surface area contributed by atoms with Crippen LogP contribution in [0.2, 0.25) is 5.02 Å². The van der Waals surface area contributed by atoms with Crippen LogP contribution in [0.3, 0.4) is 0 Å². The number of halogens is 1. The lowest BCUT2D eigenvalue weighted by Crippen LogP contribution is -2.17. The fraction of sp³-hybridized carbons (Fsp3) is 0.211. The van der Waals surface area contributed by atoms with E-state index in [0.717, 1.165) is 27.5 Å². The number of carbonyl (C=O) groups excluding carboxylic acids is 2. The van der Waals surface area contributed by atoms with Gasteiger partial charge in [0.1, 0.15) is 5.00 Å². The normalized spacial score (nSPS) is 10.9. The van der Waals surface area contributed by atoms with Crippen molar-refractivity contribution in [2.75, 3.05) is 5.32 Å². The first kappa shape index (κ1) is 19.1. The quantitative estimate of drug-likeness (QED) is 0.686. The number of carbonyl (C=O) groups is 2. The zero-order valence-corrected chi connectivity index (χ0v) is 17.0. The summed E-state index contributed by atoms with van der Waals surface area (Å²) in [5.74, 6) is -0.861. The van der Waals surface area contributed by atoms with Crippen LogP contribution in [0.25, 0.3) is 5.69 Å². The van der Waals surface area contributed by atoms with Gasteiger partial charge in [-0.3, -0.25) is 9.59 Å². The highest BCUT2D eigenvalue weighted by molar-refractivity contribution is 7.16. The molecule has 3 N–H and O–H groups in total. The number of hydrogen-bond donors (Lipinski definition) is 2. The van der Waals surface area contributed by atoms with Crippen molar-refractivity contribution in [3.63, 3.8) is 0 Å². The first-order chi connectivity index (χ1) is 12.7. The number of benzene rings is 1. The zero-order valence-electron chi connectivity index (χ0n) is 15.4. The summed E-state index contributed by atoms with van der Waals surface area (Å²) in [6.45, 7) is 7.43. The summed E-state index contributed by atoms with van der Waals surface area (Å²) >= 11 is 7.53. The molecule has 2 heterocycles. The Hall–Kier alpha value is -2.64. The number of aromatic nitrogens is 2. The monoisotopic (exact) mass is 402 g/mol. The summed E-state index contributed by atoms with van der Waals surface area (Å²) in [4.78, 5) is 25.2. The molecule has 0 aliphatic carbocycles. The summed E-state index contributed by atoms with van der Waals surface area (Å²) < 4.78 is 1.73. The lowest BCUT2D eigenvalue weighted by atomic mass is 10.1. The topological polar surface area (TPSA) is 90.0 Å². The Morgan fingerprint density at radius 1 is 1.15 bits per heavy atom. The molecule has 2 amide bonds. The molecular formula is C19H19ClN4O2S. The summed E-state index contributed by atoms with van der Waals surface area (Å²) in [5.41, 5.74) is 9.46. The van der Waals surface area contributed by atoms with E-state index < -0.39 is 5.91 Å². The van der Waals surface area contributed by atoms with Crippen LogP contribution in [0.5, 0.6) is 0 Å². The molecule has 0 unspecified atom stereocenters. The molecule has 0 spiro atoms. The Morgan fingerprint density at radius 2 is 1.78 bits per heavy atom. The number of anilines is 1. The Labute approximate surface area is 165 Å². The lowest BCUT2D eigenvalue weighted by molar-refractivity contribution is 0.100.